The van der Waals surface area contributed by atoms with Crippen LogP contribution >= 0.6 is 11.8 Å². The highest BCUT2D eigenvalue weighted by molar-refractivity contribution is 7.98. The van der Waals surface area contributed by atoms with Crippen LogP contribution in [0.15, 0.2) is 53.4 Å². The minimum absolute atomic E-state index is 0.00656. The van der Waals surface area contributed by atoms with Crippen LogP contribution in [0.5, 0.6) is 0 Å². The van der Waals surface area contributed by atoms with E-state index in [1.807, 2.05) is 9.58 Å². The number of benzene rings is 2. The summed E-state index contributed by atoms with van der Waals surface area (Å²) in [5.74, 6) is 1.23. The molecule has 0 atom stereocenters. The molecule has 5 rings (SSSR count). The molecule has 0 radical (unpaired) electrons. The van der Waals surface area contributed by atoms with Crippen LogP contribution in [0.1, 0.15) is 41.4 Å². The molecule has 0 spiro atoms. The van der Waals surface area contributed by atoms with E-state index in [1.54, 1.807) is 11.8 Å². The summed E-state index contributed by atoms with van der Waals surface area (Å²) in [5, 5.41) is 4.88. The molecule has 30 heavy (non-hydrogen) atoms. The molecule has 2 aromatic carbocycles. The lowest BCUT2D eigenvalue weighted by Crippen LogP contribution is -2.41. The molecule has 5 nitrogen and oxygen atoms in total. The Morgan fingerprint density at radius 3 is 2.53 bits per heavy atom. The van der Waals surface area contributed by atoms with Crippen molar-refractivity contribution in [3.63, 3.8) is 0 Å². The summed E-state index contributed by atoms with van der Waals surface area (Å²) in [7, 11) is 0. The SMILES string of the molecule is CC(C)c1ccc(-n2nc(C(=O)N3CCOCC3)c3c2-c2ccccc2SC3)cc1. The number of carbonyl (C=O) groups excluding carboxylic acids is 1. The molecule has 2 aliphatic heterocycles. The number of hydrogen-bond donors (Lipinski definition) is 0. The van der Waals surface area contributed by atoms with Gasteiger partial charge in [0.1, 0.15) is 0 Å². The minimum atomic E-state index is 0.00656. The quantitative estimate of drug-likeness (QED) is 0.615. The Balaban J connectivity index is 1.65. The summed E-state index contributed by atoms with van der Waals surface area (Å²) in [6.45, 7) is 6.79. The van der Waals surface area contributed by atoms with Gasteiger partial charge in [0.15, 0.2) is 5.69 Å². The summed E-state index contributed by atoms with van der Waals surface area (Å²) < 4.78 is 7.39. The fourth-order valence-corrected chi connectivity index (χ4v) is 5.15. The van der Waals surface area contributed by atoms with Crippen LogP contribution in [0, 0.1) is 0 Å². The van der Waals surface area contributed by atoms with Gasteiger partial charge in [-0.2, -0.15) is 5.10 Å². The molecule has 1 aromatic heterocycles. The number of carbonyl (C=O) groups is 1. The Labute approximate surface area is 181 Å². The molecule has 2 aliphatic rings. The number of rotatable bonds is 3. The van der Waals surface area contributed by atoms with E-state index in [9.17, 15) is 4.79 Å². The Kier molecular flexibility index (Phi) is 5.13. The summed E-state index contributed by atoms with van der Waals surface area (Å²) >= 11 is 1.78. The normalized spacial score (nSPS) is 15.8. The number of hydrogen-bond acceptors (Lipinski definition) is 4. The van der Waals surface area contributed by atoms with Gasteiger partial charge in [-0.05, 0) is 29.7 Å². The van der Waals surface area contributed by atoms with E-state index in [1.165, 1.54) is 10.5 Å². The van der Waals surface area contributed by atoms with Gasteiger partial charge in [0.05, 0.1) is 24.6 Å². The predicted molar refractivity (Wildman–Crippen MR) is 119 cm³/mol. The highest BCUT2D eigenvalue weighted by Crippen LogP contribution is 2.43. The maximum absolute atomic E-state index is 13.4. The van der Waals surface area contributed by atoms with E-state index in [0.717, 1.165) is 28.3 Å². The zero-order valence-electron chi connectivity index (χ0n) is 17.3. The van der Waals surface area contributed by atoms with Gasteiger partial charge < -0.3 is 9.64 Å². The molecule has 0 unspecified atom stereocenters. The van der Waals surface area contributed by atoms with Gasteiger partial charge in [-0.25, -0.2) is 4.68 Å². The number of morpholine rings is 1. The van der Waals surface area contributed by atoms with Crippen LogP contribution in [0.4, 0.5) is 0 Å². The topological polar surface area (TPSA) is 47.4 Å². The van der Waals surface area contributed by atoms with E-state index in [2.05, 4.69) is 62.4 Å². The standard InChI is InChI=1S/C24H25N3O2S/c1-16(2)17-7-9-18(10-8-17)27-23-19-5-3-4-6-21(19)30-15-20(23)22(25-27)24(28)26-11-13-29-14-12-26/h3-10,16H,11-15H2,1-2H3. The van der Waals surface area contributed by atoms with Gasteiger partial charge >= 0.3 is 0 Å². The van der Waals surface area contributed by atoms with Crippen molar-refractivity contribution in [1.82, 2.24) is 14.7 Å². The first-order valence-electron chi connectivity index (χ1n) is 10.4. The highest BCUT2D eigenvalue weighted by Gasteiger charge is 2.31. The third kappa shape index (κ3) is 3.34. The summed E-state index contributed by atoms with van der Waals surface area (Å²) in [5.41, 5.74) is 6.06. The van der Waals surface area contributed by atoms with Crippen molar-refractivity contribution in [3.05, 3.63) is 65.4 Å². The number of thioether (sulfide) groups is 1. The zero-order chi connectivity index (χ0) is 20.7. The van der Waals surface area contributed by atoms with Crippen LogP contribution < -0.4 is 0 Å². The molecular weight excluding hydrogens is 394 g/mol. The van der Waals surface area contributed by atoms with E-state index in [4.69, 9.17) is 9.84 Å². The first-order chi connectivity index (χ1) is 14.6. The first kappa shape index (κ1) is 19.4. The lowest BCUT2D eigenvalue weighted by atomic mass is 10.0. The second-order valence-corrected chi connectivity index (χ2v) is 9.04. The fourth-order valence-electron chi connectivity index (χ4n) is 4.08. The molecular formula is C24H25N3O2S. The Bertz CT molecular complexity index is 1080. The van der Waals surface area contributed by atoms with Crippen LogP contribution in [-0.4, -0.2) is 46.9 Å². The van der Waals surface area contributed by atoms with Crippen molar-refractivity contribution in [3.8, 4) is 16.9 Å². The summed E-state index contributed by atoms with van der Waals surface area (Å²) in [4.78, 5) is 16.5. The maximum atomic E-state index is 13.4. The van der Waals surface area contributed by atoms with E-state index in [-0.39, 0.29) is 5.91 Å². The fraction of sp³-hybridized carbons (Fsp3) is 0.333. The smallest absolute Gasteiger partial charge is 0.274 e. The van der Waals surface area contributed by atoms with E-state index in [0.29, 0.717) is 37.9 Å². The molecule has 0 bridgehead atoms. The molecule has 154 valence electrons. The molecule has 0 N–H and O–H groups in total. The number of amides is 1. The van der Waals surface area contributed by atoms with Gasteiger partial charge in [0, 0.05) is 34.9 Å². The van der Waals surface area contributed by atoms with Crippen molar-refractivity contribution < 1.29 is 9.53 Å². The summed E-state index contributed by atoms with van der Waals surface area (Å²) in [6.07, 6.45) is 0. The monoisotopic (exact) mass is 419 g/mol. The Morgan fingerprint density at radius 2 is 1.80 bits per heavy atom. The predicted octanol–water partition coefficient (Wildman–Crippen LogP) is 4.74. The number of aromatic nitrogens is 2. The minimum Gasteiger partial charge on any atom is -0.378 e. The average Bonchev–Trinajstić information content (AvgIpc) is 3.19. The van der Waals surface area contributed by atoms with E-state index < -0.39 is 0 Å². The third-order valence-electron chi connectivity index (χ3n) is 5.80. The van der Waals surface area contributed by atoms with Crippen LogP contribution in [0.3, 0.4) is 0 Å². The molecule has 6 heteroatoms. The van der Waals surface area contributed by atoms with Gasteiger partial charge in [-0.3, -0.25) is 4.79 Å². The number of nitrogens with zero attached hydrogens (tertiary/aromatic N) is 3. The number of fused-ring (bicyclic) bond motifs is 3. The molecule has 1 saturated heterocycles. The second kappa shape index (κ2) is 7.93. The van der Waals surface area contributed by atoms with Crippen molar-refractivity contribution in [2.45, 2.75) is 30.4 Å². The highest BCUT2D eigenvalue weighted by atomic mass is 32.2. The van der Waals surface area contributed by atoms with Gasteiger partial charge in [0.2, 0.25) is 0 Å². The van der Waals surface area contributed by atoms with Crippen LogP contribution in [0.2, 0.25) is 0 Å². The van der Waals surface area contributed by atoms with Gasteiger partial charge in [-0.15, -0.1) is 11.8 Å². The lowest BCUT2D eigenvalue weighted by molar-refractivity contribution is 0.0298. The molecule has 1 amide bonds. The Hall–Kier alpha value is -2.57. The second-order valence-electron chi connectivity index (χ2n) is 8.02. The van der Waals surface area contributed by atoms with Crippen molar-refractivity contribution >= 4 is 17.7 Å². The first-order valence-corrected chi connectivity index (χ1v) is 11.4. The molecule has 0 aliphatic carbocycles. The van der Waals surface area contributed by atoms with Gasteiger partial charge in [-0.1, -0.05) is 44.2 Å². The number of ether oxygens (including phenoxy) is 1. The van der Waals surface area contributed by atoms with E-state index >= 15 is 0 Å². The van der Waals surface area contributed by atoms with Crippen molar-refractivity contribution in [1.29, 1.82) is 0 Å². The van der Waals surface area contributed by atoms with Crippen molar-refractivity contribution in [2.24, 2.45) is 0 Å². The van der Waals surface area contributed by atoms with Gasteiger partial charge in [0.25, 0.3) is 5.91 Å². The average molecular weight is 420 g/mol. The molecule has 3 heterocycles. The third-order valence-corrected chi connectivity index (χ3v) is 6.90. The largest absolute Gasteiger partial charge is 0.378 e. The van der Waals surface area contributed by atoms with Crippen LogP contribution in [-0.2, 0) is 10.5 Å². The lowest BCUT2D eigenvalue weighted by Gasteiger charge is -2.26. The molecule has 1 fully saturated rings. The zero-order valence-corrected chi connectivity index (χ0v) is 18.1. The Morgan fingerprint density at radius 1 is 1.07 bits per heavy atom. The molecule has 3 aromatic rings. The molecule has 0 saturated carbocycles. The summed E-state index contributed by atoms with van der Waals surface area (Å²) in [6, 6.07) is 16.9. The van der Waals surface area contributed by atoms with Crippen LogP contribution in [0.25, 0.3) is 16.9 Å². The van der Waals surface area contributed by atoms with Crippen molar-refractivity contribution in [2.75, 3.05) is 26.3 Å². The maximum Gasteiger partial charge on any atom is 0.274 e.